The van der Waals surface area contributed by atoms with Crippen LogP contribution in [0.4, 0.5) is 0 Å². The van der Waals surface area contributed by atoms with Crippen molar-refractivity contribution in [3.8, 4) is 0 Å². The van der Waals surface area contributed by atoms with Crippen LogP contribution in [-0.2, 0) is 38.1 Å². The monoisotopic (exact) mass is 810 g/mol. The summed E-state index contributed by atoms with van der Waals surface area (Å²) in [4.78, 5) is 48.0. The van der Waals surface area contributed by atoms with Gasteiger partial charge in [0.1, 0.15) is 24.9 Å². The second-order valence-corrected chi connectivity index (χ2v) is 19.7. The van der Waals surface area contributed by atoms with E-state index in [4.69, 9.17) is 24.1 Å². The third-order valence-electron chi connectivity index (χ3n) is 16.4. The third-order valence-corrected chi connectivity index (χ3v) is 16.4. The Hall–Kier alpha value is -2.70. The summed E-state index contributed by atoms with van der Waals surface area (Å²) in [7, 11) is 0. The minimum absolute atomic E-state index is 0.0331. The number of carboxylic acid groups (broad SMARTS) is 4. The average molecular weight is 811 g/mol. The fourth-order valence-electron chi connectivity index (χ4n) is 13.0. The molecule has 1 saturated heterocycles. The van der Waals surface area contributed by atoms with Gasteiger partial charge in [0, 0.05) is 5.41 Å². The van der Waals surface area contributed by atoms with Crippen LogP contribution in [0.25, 0.3) is 0 Å². The van der Waals surface area contributed by atoms with Crippen LogP contribution in [0, 0.1) is 50.2 Å². The van der Waals surface area contributed by atoms with Gasteiger partial charge < -0.3 is 59.8 Å². The molecule has 322 valence electrons. The standard InChI is InChI=1S/C41H62O16/c1-36(2)13-15-41(35(52)53)16-14-39(5)20(21(41)17-36)7-8-23-37(3)11-10-24(38(4,19-42)22(37)9-12-40(23,39)6)55-34-27(46)29(26(45)30(57-34)32(50)51)56-33(28(47)31(48)49)54-18-25(43)44/h7,21-24,26-30,33-34,42,45-47H,8-19H2,1-6H3,(H,43,44)(H,48,49)(H,50,51)(H,52,53)/t21-,22?,23+,24-,26-,27+,28-,29-,30-,33-,34+,37-,38-,39+,40+,41-/m0/s1. The molecule has 0 aromatic rings. The molecule has 0 aromatic carbocycles. The Kier molecular flexibility index (Phi) is 11.6. The first-order valence-corrected chi connectivity index (χ1v) is 20.3. The van der Waals surface area contributed by atoms with Crippen molar-refractivity contribution in [3.05, 3.63) is 11.6 Å². The maximum Gasteiger partial charge on any atom is 0.337 e. The van der Waals surface area contributed by atoms with Gasteiger partial charge >= 0.3 is 23.9 Å². The summed E-state index contributed by atoms with van der Waals surface area (Å²) >= 11 is 0. The number of aliphatic carboxylic acids is 4. The van der Waals surface area contributed by atoms with E-state index in [1.807, 2.05) is 6.92 Å². The van der Waals surface area contributed by atoms with Gasteiger partial charge in [-0.05, 0) is 104 Å². The van der Waals surface area contributed by atoms with Crippen molar-refractivity contribution in [3.63, 3.8) is 0 Å². The molecule has 6 rings (SSSR count). The van der Waals surface area contributed by atoms with Gasteiger partial charge in [0.15, 0.2) is 18.7 Å². The minimum atomic E-state index is -2.48. The van der Waals surface area contributed by atoms with Gasteiger partial charge in [0.05, 0.1) is 18.1 Å². The van der Waals surface area contributed by atoms with Gasteiger partial charge in [-0.1, -0.05) is 53.2 Å². The van der Waals surface area contributed by atoms with Crippen LogP contribution >= 0.6 is 0 Å². The van der Waals surface area contributed by atoms with Crippen molar-refractivity contribution in [2.24, 2.45) is 50.2 Å². The zero-order valence-corrected chi connectivity index (χ0v) is 33.8. The molecular weight excluding hydrogens is 748 g/mol. The lowest BCUT2D eigenvalue weighted by Crippen LogP contribution is -2.67. The van der Waals surface area contributed by atoms with Gasteiger partial charge in [-0.2, -0.15) is 0 Å². The van der Waals surface area contributed by atoms with Gasteiger partial charge in [-0.15, -0.1) is 0 Å². The van der Waals surface area contributed by atoms with Gasteiger partial charge in [-0.3, -0.25) is 4.79 Å². The van der Waals surface area contributed by atoms with Gasteiger partial charge in [0.2, 0.25) is 6.10 Å². The highest BCUT2D eigenvalue weighted by atomic mass is 16.7. The lowest BCUT2D eigenvalue weighted by molar-refractivity contribution is -0.347. The molecule has 0 bridgehead atoms. The smallest absolute Gasteiger partial charge is 0.337 e. The number of hydrogen-bond acceptors (Lipinski definition) is 12. The second-order valence-electron chi connectivity index (χ2n) is 19.7. The highest BCUT2D eigenvalue weighted by molar-refractivity contribution is 5.77. The molecule has 16 atom stereocenters. The molecule has 4 saturated carbocycles. The van der Waals surface area contributed by atoms with E-state index in [9.17, 15) is 54.9 Å². The Labute approximate surface area is 332 Å². The number of rotatable bonds is 12. The number of fused-ring (bicyclic) bond motifs is 7. The van der Waals surface area contributed by atoms with E-state index >= 15 is 0 Å². The number of aliphatic hydroxyl groups excluding tert-OH is 4. The number of carboxylic acids is 4. The molecule has 1 aliphatic heterocycles. The van der Waals surface area contributed by atoms with Gasteiger partial charge in [0.25, 0.3) is 0 Å². The molecule has 5 fully saturated rings. The van der Waals surface area contributed by atoms with Crippen molar-refractivity contribution in [2.45, 2.75) is 155 Å². The van der Waals surface area contributed by atoms with Crippen molar-refractivity contribution < 1.29 is 79.0 Å². The van der Waals surface area contributed by atoms with Crippen molar-refractivity contribution in [1.29, 1.82) is 0 Å². The fraction of sp³-hybridized carbons (Fsp3) is 0.854. The number of aliphatic hydroxyl groups is 4. The van der Waals surface area contributed by atoms with Crippen molar-refractivity contribution in [1.82, 2.24) is 0 Å². The van der Waals surface area contributed by atoms with E-state index in [0.29, 0.717) is 25.7 Å². The quantitative estimate of drug-likeness (QED) is 0.0800. The molecule has 0 radical (unpaired) electrons. The van der Waals surface area contributed by atoms with E-state index < -0.39 is 90.5 Å². The zero-order chi connectivity index (χ0) is 42.3. The Balaban J connectivity index is 1.28. The SMILES string of the molecule is CC1(C)CC[C@]2(C(=O)O)CC[C@]3(C)C(=CC[C@@H]4[C@@]5(C)CC[C@H](O[C@@H]6O[C@H](C(=O)O)[C@@H](O)[C@H](O[C@H](OCC(=O)O)[C@@H](O)C(=O)O)[C@H]6O)[C@@](C)(CO)C5CC[C@]43C)[C@@H]2C1. The second kappa shape index (κ2) is 15.1. The first-order valence-electron chi connectivity index (χ1n) is 20.3. The predicted molar refractivity (Wildman–Crippen MR) is 197 cm³/mol. The molecule has 0 spiro atoms. The molecule has 0 amide bonds. The maximum atomic E-state index is 13.0. The zero-order valence-electron chi connectivity index (χ0n) is 33.8. The van der Waals surface area contributed by atoms with Gasteiger partial charge in [-0.25, -0.2) is 14.4 Å². The predicted octanol–water partition coefficient (Wildman–Crippen LogP) is 3.02. The Bertz CT molecular complexity index is 1630. The highest BCUT2D eigenvalue weighted by Gasteiger charge is 2.70. The Morgan fingerprint density at radius 3 is 2.14 bits per heavy atom. The molecule has 57 heavy (non-hydrogen) atoms. The maximum absolute atomic E-state index is 13.0. The fourth-order valence-corrected chi connectivity index (χ4v) is 13.0. The van der Waals surface area contributed by atoms with E-state index in [1.165, 1.54) is 5.57 Å². The Morgan fingerprint density at radius 2 is 1.54 bits per heavy atom. The lowest BCUT2D eigenvalue weighted by Gasteiger charge is -2.71. The summed E-state index contributed by atoms with van der Waals surface area (Å²) < 4.78 is 22.3. The molecule has 16 heteroatoms. The molecule has 1 heterocycles. The lowest BCUT2D eigenvalue weighted by atomic mass is 9.33. The van der Waals surface area contributed by atoms with Crippen LogP contribution in [0.15, 0.2) is 11.6 Å². The summed E-state index contributed by atoms with van der Waals surface area (Å²) in [6.45, 7) is 12.0. The van der Waals surface area contributed by atoms with E-state index in [2.05, 4.69) is 40.7 Å². The van der Waals surface area contributed by atoms with Crippen LogP contribution < -0.4 is 0 Å². The first-order chi connectivity index (χ1) is 26.4. The largest absolute Gasteiger partial charge is 0.481 e. The van der Waals surface area contributed by atoms with Crippen LogP contribution in [0.3, 0.4) is 0 Å². The molecule has 8 N–H and O–H groups in total. The van der Waals surface area contributed by atoms with Crippen LogP contribution in [-0.4, -0.2) is 127 Å². The average Bonchev–Trinajstić information content (AvgIpc) is 3.12. The minimum Gasteiger partial charge on any atom is -0.481 e. The molecule has 16 nitrogen and oxygen atoms in total. The van der Waals surface area contributed by atoms with Crippen LogP contribution in [0.5, 0.6) is 0 Å². The normalized spacial score (nSPS) is 46.1. The molecule has 6 aliphatic rings. The summed E-state index contributed by atoms with van der Waals surface area (Å²) in [5, 5.41) is 82.9. The number of allylic oxidation sites excluding steroid dienone is 2. The molecular formula is C41H62O16. The van der Waals surface area contributed by atoms with E-state index in [-0.39, 0.29) is 46.0 Å². The molecule has 1 unspecified atom stereocenters. The van der Waals surface area contributed by atoms with Crippen molar-refractivity contribution in [2.75, 3.05) is 13.2 Å². The summed E-state index contributed by atoms with van der Waals surface area (Å²) in [5.74, 6) is -5.72. The first kappa shape index (κ1) is 43.9. The van der Waals surface area contributed by atoms with E-state index in [0.717, 1.165) is 38.5 Å². The number of ether oxygens (including phenoxy) is 4. The molecule has 5 aliphatic carbocycles. The van der Waals surface area contributed by atoms with Crippen LogP contribution in [0.1, 0.15) is 106 Å². The summed E-state index contributed by atoms with van der Waals surface area (Å²) in [5.41, 5.74) is -1.06. The number of carbonyl (C=O) groups is 4. The third kappa shape index (κ3) is 6.93. The van der Waals surface area contributed by atoms with Crippen LogP contribution in [0.2, 0.25) is 0 Å². The Morgan fingerprint density at radius 1 is 0.877 bits per heavy atom. The topological polar surface area (TPSA) is 267 Å². The van der Waals surface area contributed by atoms with E-state index in [1.54, 1.807) is 0 Å². The summed E-state index contributed by atoms with van der Waals surface area (Å²) in [6.07, 6.45) is -5.93. The molecule has 0 aromatic heterocycles. The van der Waals surface area contributed by atoms with Crippen molar-refractivity contribution >= 4 is 23.9 Å². The number of hydrogen-bond donors (Lipinski definition) is 8. The highest BCUT2D eigenvalue weighted by Crippen LogP contribution is 2.76. The summed E-state index contributed by atoms with van der Waals surface area (Å²) in [6, 6.07) is 0.